The zero-order valence-electron chi connectivity index (χ0n) is 13.8. The minimum atomic E-state index is -3.87. The van der Waals surface area contributed by atoms with Gasteiger partial charge in [0.05, 0.1) is 17.4 Å². The van der Waals surface area contributed by atoms with E-state index in [1.165, 1.54) is 38.5 Å². The van der Waals surface area contributed by atoms with Gasteiger partial charge in [0.15, 0.2) is 0 Å². The van der Waals surface area contributed by atoms with Gasteiger partial charge in [-0.3, -0.25) is 4.79 Å². The van der Waals surface area contributed by atoms with Gasteiger partial charge in [-0.25, -0.2) is 13.1 Å². The first-order chi connectivity index (χ1) is 11.4. The summed E-state index contributed by atoms with van der Waals surface area (Å²) in [5.74, 6) is 1.95. The van der Waals surface area contributed by atoms with Crippen LogP contribution in [-0.4, -0.2) is 21.4 Å². The third-order valence-electron chi connectivity index (χ3n) is 6.10. The number of hydrogen-bond acceptors (Lipinski definition) is 4. The van der Waals surface area contributed by atoms with E-state index in [4.69, 9.17) is 4.74 Å². The summed E-state index contributed by atoms with van der Waals surface area (Å²) in [6.07, 6.45) is 6.19. The third-order valence-corrected chi connectivity index (χ3v) is 7.43. The van der Waals surface area contributed by atoms with E-state index >= 15 is 0 Å². The van der Waals surface area contributed by atoms with Gasteiger partial charge in [-0.1, -0.05) is 6.07 Å². The van der Waals surface area contributed by atoms with Crippen molar-refractivity contribution in [3.63, 3.8) is 0 Å². The van der Waals surface area contributed by atoms with E-state index in [-0.39, 0.29) is 10.8 Å². The van der Waals surface area contributed by atoms with Gasteiger partial charge >= 0.3 is 0 Å². The van der Waals surface area contributed by atoms with Gasteiger partial charge in [0.2, 0.25) is 5.91 Å². The van der Waals surface area contributed by atoms with Crippen LogP contribution in [-0.2, 0) is 14.8 Å². The molecule has 4 saturated carbocycles. The van der Waals surface area contributed by atoms with Crippen LogP contribution >= 0.6 is 0 Å². The Kier molecular flexibility index (Phi) is 3.64. The molecule has 4 bridgehead atoms. The molecular formula is C18H23NO4S. The highest BCUT2D eigenvalue weighted by Crippen LogP contribution is 2.60. The first-order valence-corrected chi connectivity index (χ1v) is 10.1. The molecule has 4 aliphatic carbocycles. The van der Waals surface area contributed by atoms with Gasteiger partial charge in [0, 0.05) is 6.07 Å². The number of sulfonamides is 1. The number of methoxy groups -OCH3 is 1. The fraction of sp³-hybridized carbons (Fsp3) is 0.611. The van der Waals surface area contributed by atoms with Crippen molar-refractivity contribution >= 4 is 15.9 Å². The number of ether oxygens (including phenoxy) is 1. The molecule has 24 heavy (non-hydrogen) atoms. The molecule has 0 radical (unpaired) electrons. The van der Waals surface area contributed by atoms with Crippen molar-refractivity contribution in [2.45, 2.75) is 43.4 Å². The lowest BCUT2D eigenvalue weighted by Crippen LogP contribution is -2.54. The zero-order valence-corrected chi connectivity index (χ0v) is 14.6. The number of amides is 1. The maximum absolute atomic E-state index is 12.9. The topological polar surface area (TPSA) is 72.5 Å². The predicted octanol–water partition coefficient (Wildman–Crippen LogP) is 2.72. The number of hydrogen-bond donors (Lipinski definition) is 1. The van der Waals surface area contributed by atoms with Crippen molar-refractivity contribution in [1.82, 2.24) is 4.72 Å². The van der Waals surface area contributed by atoms with E-state index in [1.807, 2.05) is 0 Å². The second kappa shape index (κ2) is 5.48. The maximum Gasteiger partial charge on any atom is 0.264 e. The molecule has 0 unspecified atom stereocenters. The molecule has 1 N–H and O–H groups in total. The van der Waals surface area contributed by atoms with Gasteiger partial charge in [-0.2, -0.15) is 0 Å². The third kappa shape index (κ3) is 2.61. The molecule has 5 rings (SSSR count). The Morgan fingerprint density at radius 2 is 1.71 bits per heavy atom. The average Bonchev–Trinajstić information content (AvgIpc) is 2.53. The van der Waals surface area contributed by atoms with Crippen LogP contribution < -0.4 is 9.46 Å². The molecule has 0 heterocycles. The molecule has 130 valence electrons. The van der Waals surface area contributed by atoms with Crippen LogP contribution in [0, 0.1) is 23.2 Å². The lowest BCUT2D eigenvalue weighted by Gasteiger charge is -2.55. The molecule has 1 aromatic carbocycles. The summed E-state index contributed by atoms with van der Waals surface area (Å²) in [5.41, 5.74) is -0.472. The summed E-state index contributed by atoms with van der Waals surface area (Å²) in [5, 5.41) is 0. The molecule has 5 nitrogen and oxygen atoms in total. The van der Waals surface area contributed by atoms with Crippen molar-refractivity contribution < 1.29 is 17.9 Å². The summed E-state index contributed by atoms with van der Waals surface area (Å²) in [4.78, 5) is 13.0. The van der Waals surface area contributed by atoms with Gasteiger partial charge in [-0.15, -0.1) is 0 Å². The van der Waals surface area contributed by atoms with E-state index < -0.39 is 15.4 Å². The van der Waals surface area contributed by atoms with Crippen LogP contribution in [0.2, 0.25) is 0 Å². The Morgan fingerprint density at radius 3 is 2.25 bits per heavy atom. The smallest absolute Gasteiger partial charge is 0.264 e. The Bertz CT molecular complexity index is 736. The number of nitrogens with one attached hydrogen (secondary N) is 1. The molecule has 4 aliphatic rings. The second-order valence-electron chi connectivity index (χ2n) is 7.81. The van der Waals surface area contributed by atoms with Gasteiger partial charge in [0.1, 0.15) is 5.75 Å². The van der Waals surface area contributed by atoms with Crippen molar-refractivity contribution in [3.05, 3.63) is 24.3 Å². The Balaban J connectivity index is 1.57. The summed E-state index contributed by atoms with van der Waals surface area (Å²) >= 11 is 0. The van der Waals surface area contributed by atoms with Crippen molar-refractivity contribution in [2.24, 2.45) is 23.2 Å². The number of benzene rings is 1. The van der Waals surface area contributed by atoms with Crippen LogP contribution in [0.1, 0.15) is 38.5 Å². The summed E-state index contributed by atoms with van der Waals surface area (Å²) in [6.45, 7) is 0. The van der Waals surface area contributed by atoms with Crippen LogP contribution in [0.15, 0.2) is 29.2 Å². The van der Waals surface area contributed by atoms with Crippen molar-refractivity contribution in [1.29, 1.82) is 0 Å². The van der Waals surface area contributed by atoms with Crippen molar-refractivity contribution in [2.75, 3.05) is 7.11 Å². The minimum Gasteiger partial charge on any atom is -0.497 e. The van der Waals surface area contributed by atoms with Gasteiger partial charge in [-0.05, 0) is 68.4 Å². The van der Waals surface area contributed by atoms with E-state index in [0.29, 0.717) is 23.5 Å². The zero-order chi connectivity index (χ0) is 16.9. The summed E-state index contributed by atoms with van der Waals surface area (Å²) in [7, 11) is -2.38. The average molecular weight is 349 g/mol. The summed E-state index contributed by atoms with van der Waals surface area (Å²) in [6, 6.07) is 6.22. The molecule has 1 aromatic rings. The van der Waals surface area contributed by atoms with Crippen LogP contribution in [0.25, 0.3) is 0 Å². The highest BCUT2D eigenvalue weighted by Gasteiger charge is 2.55. The quantitative estimate of drug-likeness (QED) is 0.907. The summed E-state index contributed by atoms with van der Waals surface area (Å²) < 4.78 is 32.7. The Labute approximate surface area is 142 Å². The van der Waals surface area contributed by atoms with Crippen LogP contribution in [0.3, 0.4) is 0 Å². The molecule has 1 amide bonds. The standard InChI is InChI=1S/C18H23NO4S/c1-23-15-3-2-4-16(8-15)24(21,22)19-17(20)18-9-12-5-13(10-18)7-14(6-12)11-18/h2-4,8,12-14H,5-7,9-11H2,1H3,(H,19,20). The number of carbonyl (C=O) groups excluding carboxylic acids is 1. The van der Waals surface area contributed by atoms with Gasteiger partial charge < -0.3 is 4.74 Å². The van der Waals surface area contributed by atoms with E-state index in [9.17, 15) is 13.2 Å². The largest absolute Gasteiger partial charge is 0.497 e. The lowest BCUT2D eigenvalue weighted by atomic mass is 9.49. The first-order valence-electron chi connectivity index (χ1n) is 8.61. The Morgan fingerprint density at radius 1 is 1.12 bits per heavy atom. The fourth-order valence-electron chi connectivity index (χ4n) is 5.45. The van der Waals surface area contributed by atoms with E-state index in [1.54, 1.807) is 12.1 Å². The molecule has 0 spiro atoms. The molecule has 0 aliphatic heterocycles. The molecule has 4 fully saturated rings. The van der Waals surface area contributed by atoms with Crippen LogP contribution in [0.5, 0.6) is 5.75 Å². The predicted molar refractivity (Wildman–Crippen MR) is 88.9 cm³/mol. The normalized spacial score (nSPS) is 34.1. The maximum atomic E-state index is 12.9. The highest BCUT2D eigenvalue weighted by molar-refractivity contribution is 7.90. The monoisotopic (exact) mass is 349 g/mol. The number of carbonyl (C=O) groups is 1. The van der Waals surface area contributed by atoms with Crippen molar-refractivity contribution in [3.8, 4) is 5.75 Å². The molecular weight excluding hydrogens is 326 g/mol. The van der Waals surface area contributed by atoms with E-state index in [0.717, 1.165) is 19.3 Å². The minimum absolute atomic E-state index is 0.0694. The van der Waals surface area contributed by atoms with E-state index in [2.05, 4.69) is 4.72 Å². The second-order valence-corrected chi connectivity index (χ2v) is 9.49. The Hall–Kier alpha value is -1.56. The highest BCUT2D eigenvalue weighted by atomic mass is 32.2. The molecule has 0 aromatic heterocycles. The van der Waals surface area contributed by atoms with Crippen LogP contribution in [0.4, 0.5) is 0 Å². The molecule has 6 heteroatoms. The molecule has 0 saturated heterocycles. The first kappa shape index (κ1) is 15.9. The lowest BCUT2D eigenvalue weighted by molar-refractivity contribution is -0.144. The van der Waals surface area contributed by atoms with Gasteiger partial charge in [0.25, 0.3) is 10.0 Å². The molecule has 0 atom stereocenters. The fourth-order valence-corrected chi connectivity index (χ4v) is 6.55. The SMILES string of the molecule is COc1cccc(S(=O)(=O)NC(=O)C23CC4CC(CC(C4)C2)C3)c1. The number of rotatable bonds is 4.